The van der Waals surface area contributed by atoms with Gasteiger partial charge < -0.3 is 25.8 Å². The first-order valence-electron chi connectivity index (χ1n) is 15.9. The highest BCUT2D eigenvalue weighted by Gasteiger charge is 2.61. The molecular formula is C34H55FN4O7. The third-order valence-electron chi connectivity index (χ3n) is 7.52. The lowest BCUT2D eigenvalue weighted by Crippen LogP contribution is -2.71. The van der Waals surface area contributed by atoms with Gasteiger partial charge in [0.2, 0.25) is 11.4 Å². The van der Waals surface area contributed by atoms with Gasteiger partial charge in [-0.2, -0.15) is 0 Å². The van der Waals surface area contributed by atoms with E-state index >= 15 is 0 Å². The van der Waals surface area contributed by atoms with E-state index in [9.17, 15) is 28.4 Å². The third kappa shape index (κ3) is 11.2. The number of nitrogens with two attached hydrogens (primary N) is 1. The van der Waals surface area contributed by atoms with E-state index < -0.39 is 77.8 Å². The molecule has 5 atom stereocenters. The number of hydrogen-bond donors (Lipinski definition) is 3. The number of ketones is 2. The standard InChI is InChI=1S/C34H55FN4O7/c1-21(2)16-25(37-9)27(40)18-34(29(41)28(36)23(5)19-35,31(43)45-20-24-14-12-11-13-15-24)39(32(44)46-33(6,7)8)30(42)26(38-10)17-22(3)4/h11-15,21-23,25-26,28,37-38H,16-20,36H2,1-10H3/t23?,25-,26-,28-,34+/m0/s1. The van der Waals surface area contributed by atoms with E-state index in [1.807, 2.05) is 27.7 Å². The summed E-state index contributed by atoms with van der Waals surface area (Å²) in [6.07, 6.45) is -1.79. The van der Waals surface area contributed by atoms with Crippen molar-refractivity contribution in [2.45, 2.75) is 111 Å². The van der Waals surface area contributed by atoms with Crippen LogP contribution in [0.25, 0.3) is 0 Å². The summed E-state index contributed by atoms with van der Waals surface area (Å²) in [5, 5.41) is 5.78. The SMILES string of the molecule is CN[C@@H](CC(C)C)C(=O)C[C@](C(=O)OCc1ccccc1)(C(=O)[C@@H](N)C(C)CF)N(C(=O)OC(C)(C)C)C(=O)[C@H](CC(C)C)NC. The summed E-state index contributed by atoms with van der Waals surface area (Å²) in [5.74, 6) is -5.37. The minimum Gasteiger partial charge on any atom is -0.459 e. The summed E-state index contributed by atoms with van der Waals surface area (Å²) in [5.41, 5.74) is 2.72. The Morgan fingerprint density at radius 1 is 0.891 bits per heavy atom. The number of Topliss-reactive ketones (excluding diaryl/α,β-unsaturated/α-hetero) is 2. The highest BCUT2D eigenvalue weighted by Crippen LogP contribution is 2.32. The van der Waals surface area contributed by atoms with Crippen LogP contribution in [0.15, 0.2) is 30.3 Å². The van der Waals surface area contributed by atoms with E-state index in [0.29, 0.717) is 16.9 Å². The Hall–Kier alpha value is -3.22. The zero-order chi connectivity index (χ0) is 35.4. The normalized spacial score (nSPS) is 15.8. The molecule has 0 aliphatic heterocycles. The van der Waals surface area contributed by atoms with Crippen molar-refractivity contribution in [2.75, 3.05) is 20.8 Å². The highest BCUT2D eigenvalue weighted by atomic mass is 19.1. The maximum atomic E-state index is 14.6. The van der Waals surface area contributed by atoms with Gasteiger partial charge in [-0.15, -0.1) is 0 Å². The van der Waals surface area contributed by atoms with Gasteiger partial charge in [-0.05, 0) is 65.1 Å². The van der Waals surface area contributed by atoms with Gasteiger partial charge in [0.25, 0.3) is 0 Å². The maximum Gasteiger partial charge on any atom is 0.418 e. The fourth-order valence-electron chi connectivity index (χ4n) is 4.98. The zero-order valence-corrected chi connectivity index (χ0v) is 29.1. The Labute approximate surface area is 273 Å². The molecule has 0 aliphatic rings. The number of amides is 2. The van der Waals surface area contributed by atoms with Gasteiger partial charge >= 0.3 is 12.1 Å². The summed E-state index contributed by atoms with van der Waals surface area (Å²) in [6, 6.07) is 4.90. The molecule has 1 aromatic rings. The van der Waals surface area contributed by atoms with Gasteiger partial charge in [-0.1, -0.05) is 65.0 Å². The van der Waals surface area contributed by atoms with E-state index in [1.165, 1.54) is 14.0 Å². The summed E-state index contributed by atoms with van der Waals surface area (Å²) < 4.78 is 25.3. The average molecular weight is 651 g/mol. The number of carbonyl (C=O) groups is 5. The summed E-state index contributed by atoms with van der Waals surface area (Å²) in [6.45, 7) is 12.1. The molecule has 1 rings (SSSR count). The molecule has 1 unspecified atom stereocenters. The van der Waals surface area contributed by atoms with Crippen molar-refractivity contribution in [1.29, 1.82) is 0 Å². The number of rotatable bonds is 18. The molecule has 11 nitrogen and oxygen atoms in total. The lowest BCUT2D eigenvalue weighted by atomic mass is 9.78. The molecule has 0 heterocycles. The number of ether oxygens (including phenoxy) is 2. The molecular weight excluding hydrogens is 595 g/mol. The molecule has 0 fully saturated rings. The number of benzene rings is 1. The van der Waals surface area contributed by atoms with Crippen LogP contribution in [-0.2, 0) is 35.3 Å². The molecule has 0 saturated carbocycles. The minimum atomic E-state index is -2.92. The van der Waals surface area contributed by atoms with E-state index in [-0.39, 0.29) is 24.9 Å². The van der Waals surface area contributed by atoms with E-state index in [2.05, 4.69) is 10.6 Å². The number of carbonyl (C=O) groups excluding carboxylic acids is 5. The molecule has 1 aromatic carbocycles. The molecule has 0 bridgehead atoms. The van der Waals surface area contributed by atoms with Gasteiger partial charge in [-0.25, -0.2) is 14.5 Å². The largest absolute Gasteiger partial charge is 0.459 e. The molecule has 0 spiro atoms. The lowest BCUT2D eigenvalue weighted by Gasteiger charge is -2.42. The Balaban J connectivity index is 4.20. The van der Waals surface area contributed by atoms with Crippen LogP contribution in [-0.4, -0.2) is 84.5 Å². The quantitative estimate of drug-likeness (QED) is 0.157. The van der Waals surface area contributed by atoms with Crippen molar-refractivity contribution in [2.24, 2.45) is 23.5 Å². The van der Waals surface area contributed by atoms with Crippen LogP contribution in [0.5, 0.6) is 0 Å². The summed E-state index contributed by atoms with van der Waals surface area (Å²) in [4.78, 5) is 72.3. The Morgan fingerprint density at radius 2 is 1.41 bits per heavy atom. The van der Waals surface area contributed by atoms with Crippen LogP contribution in [0.1, 0.15) is 80.2 Å². The summed E-state index contributed by atoms with van der Waals surface area (Å²) >= 11 is 0. The first-order valence-corrected chi connectivity index (χ1v) is 15.9. The average Bonchev–Trinajstić information content (AvgIpc) is 2.98. The first-order chi connectivity index (χ1) is 21.4. The molecule has 12 heteroatoms. The highest BCUT2D eigenvalue weighted by molar-refractivity contribution is 6.19. The van der Waals surface area contributed by atoms with Crippen LogP contribution in [0.3, 0.4) is 0 Å². The van der Waals surface area contributed by atoms with Crippen molar-refractivity contribution in [1.82, 2.24) is 15.5 Å². The Kier molecular flexibility index (Phi) is 16.1. The van der Waals surface area contributed by atoms with Gasteiger partial charge in [0.1, 0.15) is 12.2 Å². The number of halogens is 1. The number of imide groups is 1. The van der Waals surface area contributed by atoms with Gasteiger partial charge in [0, 0.05) is 5.92 Å². The Morgan fingerprint density at radius 3 is 1.87 bits per heavy atom. The number of likely N-dealkylation sites (N-methyl/N-ethyl adjacent to an activating group) is 2. The zero-order valence-electron chi connectivity index (χ0n) is 29.1. The topological polar surface area (TPSA) is 157 Å². The van der Waals surface area contributed by atoms with Crippen molar-refractivity contribution >= 4 is 29.5 Å². The fourth-order valence-corrected chi connectivity index (χ4v) is 4.98. The predicted molar refractivity (Wildman–Crippen MR) is 174 cm³/mol. The van der Waals surface area contributed by atoms with Gasteiger partial charge in [-0.3, -0.25) is 18.8 Å². The first kappa shape index (κ1) is 40.8. The lowest BCUT2D eigenvalue weighted by molar-refractivity contribution is -0.172. The molecule has 0 aromatic heterocycles. The monoisotopic (exact) mass is 650 g/mol. The molecule has 0 aliphatic carbocycles. The number of alkyl halides is 1. The number of nitrogens with one attached hydrogen (secondary N) is 2. The van der Waals surface area contributed by atoms with E-state index in [4.69, 9.17) is 15.2 Å². The van der Waals surface area contributed by atoms with Crippen LogP contribution < -0.4 is 16.4 Å². The van der Waals surface area contributed by atoms with Crippen LogP contribution in [0.2, 0.25) is 0 Å². The van der Waals surface area contributed by atoms with Crippen molar-refractivity contribution in [3.05, 3.63) is 35.9 Å². The second-order valence-electron chi connectivity index (χ2n) is 13.7. The van der Waals surface area contributed by atoms with Gasteiger partial charge in [0.15, 0.2) is 11.6 Å². The van der Waals surface area contributed by atoms with Crippen molar-refractivity contribution in [3.8, 4) is 0 Å². The summed E-state index contributed by atoms with van der Waals surface area (Å²) in [7, 11) is 3.05. The molecule has 0 saturated heterocycles. The second kappa shape index (κ2) is 18.2. The van der Waals surface area contributed by atoms with Crippen LogP contribution >= 0.6 is 0 Å². The third-order valence-corrected chi connectivity index (χ3v) is 7.52. The Bertz CT molecular complexity index is 1170. The number of esters is 1. The number of nitrogens with zero attached hydrogens (tertiary/aromatic N) is 1. The van der Waals surface area contributed by atoms with Crippen LogP contribution in [0, 0.1) is 17.8 Å². The van der Waals surface area contributed by atoms with Crippen molar-refractivity contribution < 1.29 is 37.8 Å². The van der Waals surface area contributed by atoms with Crippen LogP contribution in [0.4, 0.5) is 9.18 Å². The molecule has 46 heavy (non-hydrogen) atoms. The number of hydrogen-bond acceptors (Lipinski definition) is 10. The molecule has 260 valence electrons. The molecule has 0 radical (unpaired) electrons. The smallest absolute Gasteiger partial charge is 0.418 e. The van der Waals surface area contributed by atoms with Gasteiger partial charge in [0.05, 0.1) is 31.2 Å². The van der Waals surface area contributed by atoms with E-state index in [0.717, 1.165) is 0 Å². The van der Waals surface area contributed by atoms with Crippen molar-refractivity contribution in [3.63, 3.8) is 0 Å². The second-order valence-corrected chi connectivity index (χ2v) is 13.7. The maximum absolute atomic E-state index is 14.6. The minimum absolute atomic E-state index is 0.0219. The molecule has 4 N–H and O–H groups in total. The predicted octanol–water partition coefficient (Wildman–Crippen LogP) is 3.96. The van der Waals surface area contributed by atoms with E-state index in [1.54, 1.807) is 58.2 Å². The fraction of sp³-hybridized carbons (Fsp3) is 0.676. The molecule has 2 amide bonds.